The minimum Gasteiger partial charge on any atom is -0.338 e. The molecule has 4 aromatic rings. The summed E-state index contributed by atoms with van der Waals surface area (Å²) >= 11 is 1.54. The molecule has 5 nitrogen and oxygen atoms in total. The van der Waals surface area contributed by atoms with Crippen molar-refractivity contribution in [2.45, 2.75) is 17.7 Å². The van der Waals surface area contributed by atoms with Crippen molar-refractivity contribution in [3.63, 3.8) is 0 Å². The monoisotopic (exact) mass is 334 g/mol. The highest BCUT2D eigenvalue weighted by Crippen LogP contribution is 2.27. The van der Waals surface area contributed by atoms with Crippen LogP contribution < -0.4 is 0 Å². The van der Waals surface area contributed by atoms with Crippen molar-refractivity contribution >= 4 is 22.5 Å². The summed E-state index contributed by atoms with van der Waals surface area (Å²) in [6.45, 7) is 2.05. The number of thioether (sulfide) groups is 1. The molecule has 0 saturated carbocycles. The summed E-state index contributed by atoms with van der Waals surface area (Å²) in [5.41, 5.74) is 2.15. The van der Waals surface area contributed by atoms with Crippen molar-refractivity contribution < 1.29 is 4.52 Å². The third-order valence-corrected chi connectivity index (χ3v) is 4.61. The largest absolute Gasteiger partial charge is 0.338 e. The lowest BCUT2D eigenvalue weighted by atomic mass is 10.1. The van der Waals surface area contributed by atoms with Crippen molar-refractivity contribution in [2.75, 3.05) is 0 Å². The van der Waals surface area contributed by atoms with Crippen molar-refractivity contribution in [1.29, 1.82) is 0 Å². The van der Waals surface area contributed by atoms with Crippen LogP contribution in [0.4, 0.5) is 0 Å². The van der Waals surface area contributed by atoms with Crippen LogP contribution in [0, 0.1) is 6.92 Å². The quantitative estimate of drug-likeness (QED) is 0.519. The van der Waals surface area contributed by atoms with Gasteiger partial charge in [0.25, 0.3) is 0 Å². The van der Waals surface area contributed by atoms with Gasteiger partial charge in [0.05, 0.1) is 11.9 Å². The molecule has 0 bridgehead atoms. The molecular formula is C18H14N4OS. The Hall–Kier alpha value is -2.73. The molecule has 0 spiro atoms. The first-order chi connectivity index (χ1) is 11.8. The number of rotatable bonds is 4. The van der Waals surface area contributed by atoms with Crippen LogP contribution in [0.3, 0.4) is 0 Å². The van der Waals surface area contributed by atoms with Gasteiger partial charge >= 0.3 is 0 Å². The first-order valence-corrected chi connectivity index (χ1v) is 8.51. The van der Waals surface area contributed by atoms with Gasteiger partial charge in [-0.1, -0.05) is 71.0 Å². The zero-order chi connectivity index (χ0) is 16.4. The highest BCUT2D eigenvalue weighted by atomic mass is 32.2. The third-order valence-electron chi connectivity index (χ3n) is 3.65. The lowest BCUT2D eigenvalue weighted by Gasteiger charge is -2.01. The van der Waals surface area contributed by atoms with Gasteiger partial charge in [0.2, 0.25) is 11.7 Å². The Balaban J connectivity index is 1.53. The van der Waals surface area contributed by atoms with Crippen LogP contribution in [0.1, 0.15) is 11.5 Å². The second-order valence-corrected chi connectivity index (χ2v) is 6.37. The van der Waals surface area contributed by atoms with E-state index in [1.807, 2.05) is 55.5 Å². The van der Waals surface area contributed by atoms with Gasteiger partial charge in [0.1, 0.15) is 5.03 Å². The van der Waals surface area contributed by atoms with Crippen LogP contribution in [0.5, 0.6) is 0 Å². The number of hydrogen-bond acceptors (Lipinski definition) is 6. The standard InChI is InChI=1S/C18H14N4OS/c1-12-6-8-13(9-7-12)17-20-16(23-22-17)11-24-18-15-5-3-2-4-14(15)10-19-21-18/h2-10H,11H2,1H3. The molecule has 0 fully saturated rings. The van der Waals surface area contributed by atoms with Crippen molar-refractivity contribution in [1.82, 2.24) is 20.3 Å². The maximum Gasteiger partial charge on any atom is 0.237 e. The van der Waals surface area contributed by atoms with Crippen LogP contribution in [-0.2, 0) is 5.75 Å². The Morgan fingerprint density at radius 1 is 1.04 bits per heavy atom. The molecule has 0 radical (unpaired) electrons. The Labute approximate surface area is 143 Å². The maximum absolute atomic E-state index is 5.35. The Morgan fingerprint density at radius 3 is 2.75 bits per heavy atom. The SMILES string of the molecule is Cc1ccc(-c2noc(CSc3nncc4ccccc34)n2)cc1. The molecule has 0 amide bonds. The van der Waals surface area contributed by atoms with E-state index in [4.69, 9.17) is 4.52 Å². The average Bonchev–Trinajstić information content (AvgIpc) is 3.09. The Kier molecular flexibility index (Phi) is 3.96. The molecule has 0 saturated heterocycles. The van der Waals surface area contributed by atoms with Gasteiger partial charge < -0.3 is 4.52 Å². The molecule has 24 heavy (non-hydrogen) atoms. The number of aryl methyl sites for hydroxylation is 1. The van der Waals surface area contributed by atoms with E-state index in [0.29, 0.717) is 17.5 Å². The summed E-state index contributed by atoms with van der Waals surface area (Å²) in [5, 5.41) is 15.3. The second-order valence-electron chi connectivity index (χ2n) is 5.40. The highest BCUT2D eigenvalue weighted by molar-refractivity contribution is 7.98. The van der Waals surface area contributed by atoms with Crippen LogP contribution >= 0.6 is 11.8 Å². The summed E-state index contributed by atoms with van der Waals surface area (Å²) in [6.07, 6.45) is 1.77. The van der Waals surface area contributed by atoms with Gasteiger partial charge in [-0.3, -0.25) is 0 Å². The molecular weight excluding hydrogens is 320 g/mol. The number of nitrogens with zero attached hydrogens (tertiary/aromatic N) is 4. The van der Waals surface area contributed by atoms with Gasteiger partial charge in [-0.25, -0.2) is 0 Å². The number of benzene rings is 2. The molecule has 0 unspecified atom stereocenters. The Bertz CT molecular complexity index is 976. The minimum absolute atomic E-state index is 0.557. The summed E-state index contributed by atoms with van der Waals surface area (Å²) in [4.78, 5) is 4.46. The molecule has 0 aliphatic rings. The fourth-order valence-electron chi connectivity index (χ4n) is 2.37. The molecule has 118 valence electrons. The lowest BCUT2D eigenvalue weighted by molar-refractivity contribution is 0.391. The third kappa shape index (κ3) is 3.00. The molecule has 0 aliphatic carbocycles. The van der Waals surface area contributed by atoms with Gasteiger partial charge in [0, 0.05) is 16.3 Å². The van der Waals surface area contributed by atoms with Crippen LogP contribution in [0.2, 0.25) is 0 Å². The van der Waals surface area contributed by atoms with Crippen LogP contribution in [-0.4, -0.2) is 20.3 Å². The molecule has 0 N–H and O–H groups in total. The number of fused-ring (bicyclic) bond motifs is 1. The zero-order valence-corrected chi connectivity index (χ0v) is 13.8. The topological polar surface area (TPSA) is 64.7 Å². The Morgan fingerprint density at radius 2 is 1.88 bits per heavy atom. The molecule has 2 aromatic heterocycles. The van der Waals surface area contributed by atoms with Gasteiger partial charge in [-0.2, -0.15) is 10.1 Å². The maximum atomic E-state index is 5.35. The second kappa shape index (κ2) is 6.41. The fourth-order valence-corrected chi connectivity index (χ4v) is 3.20. The van der Waals surface area contributed by atoms with E-state index in [1.165, 1.54) is 5.56 Å². The predicted octanol–water partition coefficient (Wildman–Crippen LogP) is 4.28. The van der Waals surface area contributed by atoms with Crippen molar-refractivity contribution in [3.8, 4) is 11.4 Å². The fraction of sp³-hybridized carbons (Fsp3) is 0.111. The van der Waals surface area contributed by atoms with E-state index in [0.717, 1.165) is 21.4 Å². The first-order valence-electron chi connectivity index (χ1n) is 7.52. The predicted molar refractivity (Wildman–Crippen MR) is 93.6 cm³/mol. The zero-order valence-electron chi connectivity index (χ0n) is 13.0. The van der Waals surface area contributed by atoms with Crippen LogP contribution in [0.15, 0.2) is 64.3 Å². The number of aromatic nitrogens is 4. The van der Waals surface area contributed by atoms with E-state index in [9.17, 15) is 0 Å². The van der Waals surface area contributed by atoms with Crippen LogP contribution in [0.25, 0.3) is 22.2 Å². The molecule has 4 rings (SSSR count). The lowest BCUT2D eigenvalue weighted by Crippen LogP contribution is -1.89. The van der Waals surface area contributed by atoms with E-state index in [2.05, 4.69) is 20.3 Å². The summed E-state index contributed by atoms with van der Waals surface area (Å²) < 4.78 is 5.35. The summed E-state index contributed by atoms with van der Waals surface area (Å²) in [7, 11) is 0. The van der Waals surface area contributed by atoms with E-state index < -0.39 is 0 Å². The van der Waals surface area contributed by atoms with E-state index >= 15 is 0 Å². The van der Waals surface area contributed by atoms with Gasteiger partial charge in [-0.05, 0) is 6.92 Å². The van der Waals surface area contributed by atoms with Gasteiger partial charge in [-0.15, -0.1) is 5.10 Å². The van der Waals surface area contributed by atoms with Crippen molar-refractivity contribution in [2.24, 2.45) is 0 Å². The van der Waals surface area contributed by atoms with E-state index in [-0.39, 0.29) is 0 Å². The highest BCUT2D eigenvalue weighted by Gasteiger charge is 2.11. The molecule has 2 heterocycles. The summed E-state index contributed by atoms with van der Waals surface area (Å²) in [5.74, 6) is 1.74. The first kappa shape index (κ1) is 14.8. The molecule has 0 atom stereocenters. The summed E-state index contributed by atoms with van der Waals surface area (Å²) in [6, 6.07) is 16.1. The van der Waals surface area contributed by atoms with Crippen molar-refractivity contribution in [3.05, 3.63) is 66.2 Å². The number of hydrogen-bond donors (Lipinski definition) is 0. The van der Waals surface area contributed by atoms with E-state index in [1.54, 1.807) is 18.0 Å². The average molecular weight is 334 g/mol. The molecule has 0 aliphatic heterocycles. The molecule has 2 aromatic carbocycles. The normalized spacial score (nSPS) is 11.0. The van der Waals surface area contributed by atoms with Gasteiger partial charge in [0.15, 0.2) is 0 Å². The smallest absolute Gasteiger partial charge is 0.237 e. The molecule has 6 heteroatoms. The minimum atomic E-state index is 0.557.